The average Bonchev–Trinajstić information content (AvgIpc) is 3.76. The van der Waals surface area contributed by atoms with Crippen LogP contribution < -0.4 is 10.6 Å². The minimum absolute atomic E-state index is 0.0784. The molecule has 0 saturated carbocycles. The fourth-order valence-electron chi connectivity index (χ4n) is 9.14. The van der Waals surface area contributed by atoms with Crippen molar-refractivity contribution in [3.63, 3.8) is 0 Å². The molecular weight excluding hydrogens is 796 g/mol. The second-order valence-electron chi connectivity index (χ2n) is 16.8. The van der Waals surface area contributed by atoms with Crippen LogP contribution in [0.25, 0.3) is 11.1 Å². The fourth-order valence-corrected chi connectivity index (χ4v) is 9.26. The van der Waals surface area contributed by atoms with Crippen LogP contribution in [0.5, 0.6) is 0 Å². The molecule has 320 valence electrons. The van der Waals surface area contributed by atoms with E-state index in [9.17, 15) is 24.0 Å². The Morgan fingerprint density at radius 3 is 2.15 bits per heavy atom. The van der Waals surface area contributed by atoms with E-state index in [0.717, 1.165) is 33.4 Å². The number of fused-ring (bicyclic) bond motifs is 3. The first-order valence-corrected chi connectivity index (χ1v) is 21.2. The molecule has 3 aliphatic rings. The number of amides is 4. The third kappa shape index (κ3) is 9.76. The van der Waals surface area contributed by atoms with E-state index in [1.54, 1.807) is 37.8 Å². The molecule has 2 fully saturated rings. The zero-order valence-corrected chi connectivity index (χ0v) is 35.8. The number of esters is 1. The van der Waals surface area contributed by atoms with Gasteiger partial charge in [0.05, 0.1) is 31.6 Å². The summed E-state index contributed by atoms with van der Waals surface area (Å²) >= 11 is 6.25. The van der Waals surface area contributed by atoms with Crippen LogP contribution in [0.2, 0.25) is 5.02 Å². The van der Waals surface area contributed by atoms with Gasteiger partial charge >= 0.3 is 12.1 Å². The molecule has 61 heavy (non-hydrogen) atoms. The first kappa shape index (κ1) is 43.4. The van der Waals surface area contributed by atoms with Crippen LogP contribution in [-0.2, 0) is 46.2 Å². The number of nitrogens with zero attached hydrogens (tertiary/aromatic N) is 2. The van der Waals surface area contributed by atoms with Gasteiger partial charge in [0.2, 0.25) is 17.7 Å². The van der Waals surface area contributed by atoms with Gasteiger partial charge in [0.25, 0.3) is 0 Å². The van der Waals surface area contributed by atoms with Crippen LogP contribution >= 0.6 is 11.6 Å². The Kier molecular flexibility index (Phi) is 13.1. The van der Waals surface area contributed by atoms with Crippen LogP contribution in [0.1, 0.15) is 68.2 Å². The minimum Gasteiger partial charge on any atom is -0.469 e. The van der Waals surface area contributed by atoms with Gasteiger partial charge in [0.1, 0.15) is 24.4 Å². The van der Waals surface area contributed by atoms with E-state index in [1.807, 2.05) is 78.9 Å². The second kappa shape index (κ2) is 18.5. The van der Waals surface area contributed by atoms with Gasteiger partial charge in [0.15, 0.2) is 0 Å². The van der Waals surface area contributed by atoms with Crippen LogP contribution in [-0.4, -0.2) is 96.3 Å². The van der Waals surface area contributed by atoms with Gasteiger partial charge in [0, 0.05) is 24.0 Å². The molecule has 2 saturated heterocycles. The Balaban J connectivity index is 1.06. The first-order valence-electron chi connectivity index (χ1n) is 20.8. The lowest BCUT2D eigenvalue weighted by atomic mass is 9.81. The van der Waals surface area contributed by atoms with Gasteiger partial charge in [-0.15, -0.1) is 0 Å². The van der Waals surface area contributed by atoms with Crippen molar-refractivity contribution in [3.05, 3.63) is 130 Å². The molecule has 0 radical (unpaired) electrons. The molecular formula is C48H53ClN4O8. The Morgan fingerprint density at radius 1 is 0.852 bits per heavy atom. The maximum absolute atomic E-state index is 14.6. The second-order valence-corrected chi connectivity index (χ2v) is 17.2. The smallest absolute Gasteiger partial charge is 0.407 e. The summed E-state index contributed by atoms with van der Waals surface area (Å²) in [6, 6.07) is 30.8. The molecule has 0 aromatic heterocycles. The van der Waals surface area contributed by atoms with E-state index in [4.69, 9.17) is 25.8 Å². The number of likely N-dealkylation sites (tertiary alicyclic amines) is 1. The Labute approximate surface area is 361 Å². The minimum atomic E-state index is -1.19. The van der Waals surface area contributed by atoms with E-state index in [2.05, 4.69) is 22.8 Å². The zero-order valence-electron chi connectivity index (χ0n) is 35.0. The Bertz CT molecular complexity index is 2210. The predicted molar refractivity (Wildman–Crippen MR) is 230 cm³/mol. The quantitative estimate of drug-likeness (QED) is 0.142. The average molecular weight is 849 g/mol. The highest BCUT2D eigenvalue weighted by Gasteiger charge is 2.50. The number of benzene rings is 4. The Morgan fingerprint density at radius 2 is 1.49 bits per heavy atom. The van der Waals surface area contributed by atoms with Gasteiger partial charge in [-0.25, -0.2) is 4.79 Å². The number of methoxy groups -OCH3 is 1. The lowest BCUT2D eigenvalue weighted by molar-refractivity contribution is -0.152. The van der Waals surface area contributed by atoms with E-state index < -0.39 is 53.1 Å². The van der Waals surface area contributed by atoms with Crippen molar-refractivity contribution >= 4 is 41.4 Å². The lowest BCUT2D eigenvalue weighted by Crippen LogP contribution is -2.65. The van der Waals surface area contributed by atoms with Crippen LogP contribution in [0, 0.1) is 5.92 Å². The molecule has 4 aromatic rings. The summed E-state index contributed by atoms with van der Waals surface area (Å²) in [5, 5.41) is 6.54. The molecule has 2 aliphatic heterocycles. The molecule has 0 spiro atoms. The third-order valence-electron chi connectivity index (χ3n) is 12.1. The topological polar surface area (TPSA) is 144 Å². The van der Waals surface area contributed by atoms with Crippen molar-refractivity contribution < 1.29 is 38.2 Å². The number of alkyl carbamates (subject to hydrolysis) is 1. The van der Waals surface area contributed by atoms with Crippen molar-refractivity contribution in [1.82, 2.24) is 20.4 Å². The molecule has 7 rings (SSSR count). The number of carbonyl (C=O) groups is 5. The van der Waals surface area contributed by atoms with Crippen LogP contribution in [0.4, 0.5) is 4.79 Å². The summed E-state index contributed by atoms with van der Waals surface area (Å²) in [5.74, 6) is -2.50. The van der Waals surface area contributed by atoms with Crippen molar-refractivity contribution in [1.29, 1.82) is 0 Å². The number of rotatable bonds is 13. The van der Waals surface area contributed by atoms with Crippen LogP contribution in [0.15, 0.2) is 103 Å². The van der Waals surface area contributed by atoms with Gasteiger partial charge < -0.3 is 29.7 Å². The highest BCUT2D eigenvalue weighted by Crippen LogP contribution is 2.44. The highest BCUT2D eigenvalue weighted by molar-refractivity contribution is 6.30. The normalized spacial score (nSPS) is 20.2. The molecule has 13 heteroatoms. The maximum Gasteiger partial charge on any atom is 0.407 e. The summed E-state index contributed by atoms with van der Waals surface area (Å²) < 4.78 is 16.8. The van der Waals surface area contributed by atoms with Crippen molar-refractivity contribution in [2.75, 3.05) is 33.4 Å². The van der Waals surface area contributed by atoms with Gasteiger partial charge in [-0.2, -0.15) is 0 Å². The zero-order chi connectivity index (χ0) is 43.3. The van der Waals surface area contributed by atoms with E-state index in [0.29, 0.717) is 37.3 Å². The predicted octanol–water partition coefficient (Wildman–Crippen LogP) is 6.67. The standard InChI is InChI=1S/C48H53ClN4O8/c1-31(50-46(58)60-28-40-38-17-10-8-15-36(38)37-16-9-11-18-39(37)40)44(56)53-41(29-61-47(53,2)3)43(55)51-48(27-33-19-21-35(49)22-20-33)23-12-24-52(30-48)45(57)34(26-42(54)59-4)25-32-13-6-5-7-14-32/h5-11,13-22,31,34,40-41H,12,23-30H2,1-4H3,(H,50,58)(H,51,55)/t31-,34+,41-,48+/m0/s1. The van der Waals surface area contributed by atoms with Crippen molar-refractivity contribution in [2.24, 2.45) is 5.92 Å². The van der Waals surface area contributed by atoms with Gasteiger partial charge in [-0.1, -0.05) is 103 Å². The number of nitrogens with one attached hydrogen (secondary N) is 2. The SMILES string of the molecule is COC(=O)C[C@@H](Cc1ccccc1)C(=O)N1CCC[C@](Cc2ccc(Cl)cc2)(NC(=O)[C@@H]2COC(C)(C)N2C(=O)[C@H](C)NC(=O)OCC2c3ccccc3-c3ccccc32)C1. The summed E-state index contributed by atoms with van der Waals surface area (Å²) in [5.41, 5.74) is 4.01. The summed E-state index contributed by atoms with van der Waals surface area (Å²) in [7, 11) is 1.31. The fraction of sp³-hybridized carbons (Fsp3) is 0.396. The van der Waals surface area contributed by atoms with E-state index in [-0.39, 0.29) is 38.0 Å². The molecule has 2 N–H and O–H groups in total. The Hall–Kier alpha value is -5.72. The molecule has 12 nitrogen and oxygen atoms in total. The van der Waals surface area contributed by atoms with E-state index >= 15 is 0 Å². The molecule has 1 aliphatic carbocycles. The molecule has 2 heterocycles. The molecule has 0 unspecified atom stereocenters. The molecule has 4 atom stereocenters. The largest absolute Gasteiger partial charge is 0.469 e. The summed E-state index contributed by atoms with van der Waals surface area (Å²) in [6.07, 6.45) is 0.974. The third-order valence-corrected chi connectivity index (χ3v) is 12.4. The molecule has 4 aromatic carbocycles. The lowest BCUT2D eigenvalue weighted by Gasteiger charge is -2.45. The number of hydrogen-bond donors (Lipinski definition) is 2. The number of ether oxygens (including phenoxy) is 3. The summed E-state index contributed by atoms with van der Waals surface area (Å²) in [6.45, 7) is 5.56. The highest BCUT2D eigenvalue weighted by atomic mass is 35.5. The molecule has 4 amide bonds. The first-order chi connectivity index (χ1) is 29.3. The number of halogens is 1. The van der Waals surface area contributed by atoms with Crippen molar-refractivity contribution in [2.45, 2.75) is 82.1 Å². The number of carbonyl (C=O) groups excluding carboxylic acids is 5. The van der Waals surface area contributed by atoms with Crippen LogP contribution in [0.3, 0.4) is 0 Å². The van der Waals surface area contributed by atoms with Crippen molar-refractivity contribution in [3.8, 4) is 11.1 Å². The van der Waals surface area contributed by atoms with Gasteiger partial charge in [-0.05, 0) is 92.0 Å². The number of piperidine rings is 1. The monoisotopic (exact) mass is 848 g/mol. The van der Waals surface area contributed by atoms with E-state index in [1.165, 1.54) is 12.0 Å². The maximum atomic E-state index is 14.6. The summed E-state index contributed by atoms with van der Waals surface area (Å²) in [4.78, 5) is 72.2. The van der Waals surface area contributed by atoms with Gasteiger partial charge in [-0.3, -0.25) is 24.1 Å². The number of hydrogen-bond acceptors (Lipinski definition) is 8. The molecule has 0 bridgehead atoms.